The highest BCUT2D eigenvalue weighted by molar-refractivity contribution is 5.83. The van der Waals surface area contributed by atoms with E-state index in [1.807, 2.05) is 0 Å². The van der Waals surface area contributed by atoms with Crippen LogP contribution in [0.2, 0.25) is 0 Å². The summed E-state index contributed by atoms with van der Waals surface area (Å²) in [6.45, 7) is 4.47. The van der Waals surface area contributed by atoms with Crippen molar-refractivity contribution in [2.45, 2.75) is 51.3 Å². The minimum atomic E-state index is -1.13. The van der Waals surface area contributed by atoms with Gasteiger partial charge in [-0.2, -0.15) is 0 Å². The lowest BCUT2D eigenvalue weighted by Crippen LogP contribution is -2.41. The zero-order valence-electron chi connectivity index (χ0n) is 11.4. The molecule has 19 heavy (non-hydrogen) atoms. The van der Waals surface area contributed by atoms with E-state index in [2.05, 4.69) is 0 Å². The van der Waals surface area contributed by atoms with Crippen molar-refractivity contribution in [3.8, 4) is 0 Å². The quantitative estimate of drug-likeness (QED) is 0.386. The largest absolute Gasteiger partial charge is 0.480 e. The number of Topliss-reactive ketones (excluding diaryl/α,β-unsaturated/α-hetero) is 1. The summed E-state index contributed by atoms with van der Waals surface area (Å²) in [4.78, 5) is 30.5. The van der Waals surface area contributed by atoms with Crippen LogP contribution < -0.4 is 17.2 Å². The summed E-state index contributed by atoms with van der Waals surface area (Å²) < 4.78 is 0. The molecule has 0 bridgehead atoms. The number of primary amides is 1. The van der Waals surface area contributed by atoms with Crippen molar-refractivity contribution in [1.82, 2.24) is 0 Å². The van der Waals surface area contributed by atoms with Crippen molar-refractivity contribution in [3.63, 3.8) is 0 Å². The molecule has 0 radical (unpaired) electrons. The fourth-order valence-corrected chi connectivity index (χ4v) is 1.04. The van der Waals surface area contributed by atoms with Gasteiger partial charge in [0.15, 0.2) is 0 Å². The fraction of sp³-hybridized carbons (Fsp3) is 0.727. The van der Waals surface area contributed by atoms with Gasteiger partial charge in [-0.25, -0.2) is 0 Å². The number of amides is 1. The van der Waals surface area contributed by atoms with Crippen molar-refractivity contribution < 1.29 is 24.6 Å². The summed E-state index contributed by atoms with van der Waals surface area (Å²) in [5.41, 5.74) is 14.2. The third-order valence-electron chi connectivity index (χ3n) is 1.91. The average molecular weight is 277 g/mol. The van der Waals surface area contributed by atoms with Gasteiger partial charge in [-0.3, -0.25) is 14.4 Å². The second-order valence-corrected chi connectivity index (χ2v) is 4.88. The van der Waals surface area contributed by atoms with Crippen LogP contribution in [0.5, 0.6) is 0 Å². The minimum absolute atomic E-state index is 0.0880. The summed E-state index contributed by atoms with van der Waals surface area (Å²) in [5.74, 6) is -1.92. The molecule has 8 nitrogen and oxygen atoms in total. The maximum atomic E-state index is 10.4. The summed E-state index contributed by atoms with van der Waals surface area (Å²) in [6, 6.07) is -1.79. The number of aliphatic carboxylic acids is 1. The molecule has 1 amide bonds. The van der Waals surface area contributed by atoms with Crippen LogP contribution in [-0.2, 0) is 14.4 Å². The van der Waals surface area contributed by atoms with Gasteiger partial charge >= 0.3 is 5.97 Å². The topological polar surface area (TPSA) is 170 Å². The predicted octanol–water partition coefficient (Wildman–Crippen LogP) is -1.66. The van der Waals surface area contributed by atoms with Crippen LogP contribution in [0, 0.1) is 0 Å². The molecule has 0 unspecified atom stereocenters. The van der Waals surface area contributed by atoms with E-state index in [1.165, 1.54) is 6.92 Å². The molecular weight excluding hydrogens is 254 g/mol. The molecule has 0 aliphatic rings. The zero-order valence-corrected chi connectivity index (χ0v) is 11.4. The van der Waals surface area contributed by atoms with Crippen LogP contribution in [-0.4, -0.2) is 45.6 Å². The SMILES string of the molecule is CC(=O)C[C@H](N)C(=O)O.CC(C)(O)C[C@H](N)C(N)=O. The number of hydrogen-bond acceptors (Lipinski definition) is 6. The number of aliphatic hydroxyl groups is 1. The van der Waals surface area contributed by atoms with Crippen LogP contribution in [0.1, 0.15) is 33.6 Å². The first-order valence-corrected chi connectivity index (χ1v) is 5.62. The van der Waals surface area contributed by atoms with Crippen molar-refractivity contribution in [1.29, 1.82) is 0 Å². The number of nitrogens with two attached hydrogens (primary N) is 3. The van der Waals surface area contributed by atoms with E-state index in [-0.39, 0.29) is 18.6 Å². The van der Waals surface area contributed by atoms with Crippen molar-refractivity contribution >= 4 is 17.7 Å². The van der Waals surface area contributed by atoms with Crippen LogP contribution in [0.25, 0.3) is 0 Å². The number of ketones is 1. The number of carboxylic acid groups (broad SMARTS) is 1. The first-order chi connectivity index (χ1) is 8.36. The Balaban J connectivity index is 0. The molecule has 0 heterocycles. The molecular formula is C11H23N3O5. The molecule has 0 rings (SSSR count). The number of carbonyl (C=O) groups excluding carboxylic acids is 2. The van der Waals surface area contributed by atoms with Crippen molar-refractivity contribution in [3.05, 3.63) is 0 Å². The van der Waals surface area contributed by atoms with Gasteiger partial charge in [-0.05, 0) is 27.2 Å². The normalized spacial score (nSPS) is 13.8. The molecule has 8 N–H and O–H groups in total. The summed E-state index contributed by atoms with van der Waals surface area (Å²) in [5, 5.41) is 17.3. The Morgan fingerprint density at radius 1 is 1.16 bits per heavy atom. The summed E-state index contributed by atoms with van der Waals surface area (Å²) >= 11 is 0. The fourth-order valence-electron chi connectivity index (χ4n) is 1.04. The van der Waals surface area contributed by atoms with E-state index in [4.69, 9.17) is 27.4 Å². The van der Waals surface area contributed by atoms with E-state index >= 15 is 0 Å². The Morgan fingerprint density at radius 2 is 1.58 bits per heavy atom. The third-order valence-corrected chi connectivity index (χ3v) is 1.91. The second kappa shape index (κ2) is 8.57. The van der Waals surface area contributed by atoms with Crippen LogP contribution in [0.15, 0.2) is 0 Å². The third kappa shape index (κ3) is 14.4. The number of carbonyl (C=O) groups is 3. The smallest absolute Gasteiger partial charge is 0.320 e. The molecule has 0 aromatic carbocycles. The Morgan fingerprint density at radius 3 is 1.68 bits per heavy atom. The molecule has 0 aromatic heterocycles. The second-order valence-electron chi connectivity index (χ2n) is 4.88. The summed E-state index contributed by atoms with van der Waals surface area (Å²) in [6.07, 6.45) is 0.109. The van der Waals surface area contributed by atoms with Crippen LogP contribution in [0.4, 0.5) is 0 Å². The van der Waals surface area contributed by atoms with Gasteiger partial charge in [0.05, 0.1) is 11.6 Å². The van der Waals surface area contributed by atoms with Gasteiger partial charge in [0, 0.05) is 6.42 Å². The zero-order chi connectivity index (χ0) is 15.8. The molecule has 0 saturated heterocycles. The molecule has 0 aliphatic heterocycles. The minimum Gasteiger partial charge on any atom is -0.480 e. The van der Waals surface area contributed by atoms with Crippen molar-refractivity contribution in [2.75, 3.05) is 0 Å². The summed E-state index contributed by atoms with van der Waals surface area (Å²) in [7, 11) is 0. The molecule has 0 aromatic rings. The molecule has 0 fully saturated rings. The van der Waals surface area contributed by atoms with E-state index in [1.54, 1.807) is 13.8 Å². The van der Waals surface area contributed by atoms with Crippen LogP contribution in [0.3, 0.4) is 0 Å². The Bertz CT molecular complexity index is 325. The van der Waals surface area contributed by atoms with Gasteiger partial charge < -0.3 is 27.4 Å². The predicted molar refractivity (Wildman–Crippen MR) is 69.0 cm³/mol. The first-order valence-electron chi connectivity index (χ1n) is 5.62. The molecule has 0 aliphatic carbocycles. The Labute approximate surface area is 111 Å². The standard InChI is InChI=1S/C6H14N2O2.C5H9NO3/c1-6(2,10)3-4(7)5(8)9;1-3(7)2-4(6)5(8)9/h4,10H,3,7H2,1-2H3,(H2,8,9);4H,2,6H2,1H3,(H,8,9)/t2*4-/m00/s1. The van der Waals surface area contributed by atoms with Crippen LogP contribution >= 0.6 is 0 Å². The highest BCUT2D eigenvalue weighted by atomic mass is 16.4. The Hall–Kier alpha value is -1.51. The van der Waals surface area contributed by atoms with Gasteiger partial charge in [0.2, 0.25) is 5.91 Å². The molecule has 8 heteroatoms. The maximum absolute atomic E-state index is 10.4. The number of hydrogen-bond donors (Lipinski definition) is 5. The molecule has 0 spiro atoms. The lowest BCUT2D eigenvalue weighted by atomic mass is 10.00. The monoisotopic (exact) mass is 277 g/mol. The van der Waals surface area contributed by atoms with Gasteiger partial charge in [0.25, 0.3) is 0 Å². The van der Waals surface area contributed by atoms with E-state index < -0.39 is 29.6 Å². The van der Waals surface area contributed by atoms with Gasteiger partial charge in [-0.1, -0.05) is 0 Å². The average Bonchev–Trinajstić information content (AvgIpc) is 2.14. The van der Waals surface area contributed by atoms with Crippen molar-refractivity contribution in [2.24, 2.45) is 17.2 Å². The number of carboxylic acids is 1. The van der Waals surface area contributed by atoms with Gasteiger partial charge in [0.1, 0.15) is 11.8 Å². The van der Waals surface area contributed by atoms with E-state index in [0.29, 0.717) is 0 Å². The Kier molecular flexibility index (Phi) is 8.94. The maximum Gasteiger partial charge on any atom is 0.320 e. The van der Waals surface area contributed by atoms with E-state index in [9.17, 15) is 14.4 Å². The molecule has 0 saturated carbocycles. The molecule has 112 valence electrons. The highest BCUT2D eigenvalue weighted by Gasteiger charge is 2.20. The first kappa shape index (κ1) is 19.8. The highest BCUT2D eigenvalue weighted by Crippen LogP contribution is 2.08. The lowest BCUT2D eigenvalue weighted by molar-refractivity contribution is -0.140. The lowest BCUT2D eigenvalue weighted by Gasteiger charge is -2.19. The number of rotatable bonds is 6. The van der Waals surface area contributed by atoms with E-state index in [0.717, 1.165) is 0 Å². The van der Waals surface area contributed by atoms with Gasteiger partial charge in [-0.15, -0.1) is 0 Å². The molecule has 2 atom stereocenters.